The summed E-state index contributed by atoms with van der Waals surface area (Å²) in [5.41, 5.74) is 1.82. The Balaban J connectivity index is 1.87. The van der Waals surface area contributed by atoms with Gasteiger partial charge in [-0.3, -0.25) is 9.78 Å². The largest absolute Gasteiger partial charge is 0.350 e. The molecule has 1 aromatic carbocycles. The number of sulfonamides is 1. The number of nitrogens with one attached hydrogen (secondary N) is 1. The molecule has 0 aliphatic carbocycles. The molecular weight excluding hydrogens is 314 g/mol. The molecule has 1 heterocycles. The van der Waals surface area contributed by atoms with Crippen molar-refractivity contribution in [3.05, 3.63) is 59.9 Å². The first-order valence-electron chi connectivity index (χ1n) is 7.17. The summed E-state index contributed by atoms with van der Waals surface area (Å²) in [5, 5.41) is 7.95. The predicted octanol–water partition coefficient (Wildman–Crippen LogP) is 1.54. The normalized spacial score (nSPS) is 12.6. The lowest BCUT2D eigenvalue weighted by molar-refractivity contribution is -0.121. The summed E-state index contributed by atoms with van der Waals surface area (Å²) in [6.45, 7) is 1.90. The second-order valence-electron chi connectivity index (χ2n) is 5.26. The Kier molecular flexibility index (Phi) is 5.46. The Morgan fingerprint density at radius 3 is 2.52 bits per heavy atom. The smallest absolute Gasteiger partial charge is 0.238 e. The van der Waals surface area contributed by atoms with E-state index in [-0.39, 0.29) is 16.8 Å². The van der Waals surface area contributed by atoms with Crippen LogP contribution in [-0.4, -0.2) is 19.3 Å². The summed E-state index contributed by atoms with van der Waals surface area (Å²) >= 11 is 0. The van der Waals surface area contributed by atoms with Crippen LogP contribution in [0.1, 0.15) is 30.5 Å². The highest BCUT2D eigenvalue weighted by atomic mass is 32.2. The van der Waals surface area contributed by atoms with Crippen molar-refractivity contribution in [1.82, 2.24) is 10.3 Å². The molecule has 2 rings (SSSR count). The van der Waals surface area contributed by atoms with E-state index in [2.05, 4.69) is 10.3 Å². The maximum absolute atomic E-state index is 12.0. The first-order valence-corrected chi connectivity index (χ1v) is 8.72. The number of amides is 1. The van der Waals surface area contributed by atoms with Gasteiger partial charge >= 0.3 is 0 Å². The maximum atomic E-state index is 12.0. The zero-order chi connectivity index (χ0) is 16.9. The molecule has 0 radical (unpaired) electrons. The third-order valence-corrected chi connectivity index (χ3v) is 4.38. The second kappa shape index (κ2) is 7.34. The van der Waals surface area contributed by atoms with E-state index in [1.165, 1.54) is 12.1 Å². The summed E-state index contributed by atoms with van der Waals surface area (Å²) < 4.78 is 22.3. The zero-order valence-electron chi connectivity index (χ0n) is 12.8. The molecule has 1 amide bonds. The number of pyridine rings is 1. The van der Waals surface area contributed by atoms with Crippen molar-refractivity contribution >= 4 is 15.9 Å². The first-order chi connectivity index (χ1) is 10.9. The van der Waals surface area contributed by atoms with Gasteiger partial charge in [-0.25, -0.2) is 13.6 Å². The molecule has 6 nitrogen and oxygen atoms in total. The number of rotatable bonds is 6. The van der Waals surface area contributed by atoms with E-state index in [9.17, 15) is 13.2 Å². The van der Waals surface area contributed by atoms with Crippen LogP contribution in [0.3, 0.4) is 0 Å². The van der Waals surface area contributed by atoms with Crippen LogP contribution in [0.15, 0.2) is 53.7 Å². The van der Waals surface area contributed by atoms with Crippen LogP contribution in [-0.2, 0) is 21.2 Å². The van der Waals surface area contributed by atoms with Gasteiger partial charge < -0.3 is 5.32 Å². The molecule has 1 atom stereocenters. The predicted molar refractivity (Wildman–Crippen MR) is 86.9 cm³/mol. The van der Waals surface area contributed by atoms with Crippen LogP contribution in [0.4, 0.5) is 0 Å². The van der Waals surface area contributed by atoms with Crippen molar-refractivity contribution in [2.75, 3.05) is 0 Å². The fraction of sp³-hybridized carbons (Fsp3) is 0.250. The van der Waals surface area contributed by atoms with Gasteiger partial charge in [0.15, 0.2) is 0 Å². The standard InChI is InChI=1S/C16H19N3O3S/c1-12(14-3-2-10-18-11-14)19-16(20)9-6-13-4-7-15(8-5-13)23(17,21)22/h2-5,7-8,10-12H,6,9H2,1H3,(H,19,20)(H2,17,21,22). The quantitative estimate of drug-likeness (QED) is 0.837. The molecule has 1 aromatic heterocycles. The van der Waals surface area contributed by atoms with Gasteiger partial charge in [0.2, 0.25) is 15.9 Å². The summed E-state index contributed by atoms with van der Waals surface area (Å²) in [7, 11) is -3.68. The first kappa shape index (κ1) is 17.1. The molecule has 0 bridgehead atoms. The Labute approximate surface area is 135 Å². The van der Waals surface area contributed by atoms with Crippen molar-refractivity contribution in [3.8, 4) is 0 Å². The number of nitrogens with two attached hydrogens (primary N) is 1. The lowest BCUT2D eigenvalue weighted by Crippen LogP contribution is -2.26. The Hall–Kier alpha value is -2.25. The van der Waals surface area contributed by atoms with Gasteiger partial charge in [-0.05, 0) is 42.7 Å². The zero-order valence-corrected chi connectivity index (χ0v) is 13.6. The number of nitrogens with zero attached hydrogens (tertiary/aromatic N) is 1. The number of carbonyl (C=O) groups excluding carboxylic acids is 1. The average Bonchev–Trinajstić information content (AvgIpc) is 2.53. The van der Waals surface area contributed by atoms with Crippen LogP contribution in [0.2, 0.25) is 0 Å². The van der Waals surface area contributed by atoms with Gasteiger partial charge in [-0.1, -0.05) is 18.2 Å². The molecule has 3 N–H and O–H groups in total. The Morgan fingerprint density at radius 1 is 1.26 bits per heavy atom. The lowest BCUT2D eigenvalue weighted by atomic mass is 10.1. The molecule has 2 aromatic rings. The van der Waals surface area contributed by atoms with E-state index in [0.29, 0.717) is 12.8 Å². The number of aryl methyl sites for hydroxylation is 1. The van der Waals surface area contributed by atoms with E-state index < -0.39 is 10.0 Å². The summed E-state index contributed by atoms with van der Waals surface area (Å²) in [6.07, 6.45) is 4.25. The van der Waals surface area contributed by atoms with Crippen LogP contribution in [0.25, 0.3) is 0 Å². The minimum Gasteiger partial charge on any atom is -0.350 e. The third-order valence-electron chi connectivity index (χ3n) is 3.45. The van der Waals surface area contributed by atoms with Gasteiger partial charge in [0.1, 0.15) is 0 Å². The van der Waals surface area contributed by atoms with Crippen molar-refractivity contribution in [1.29, 1.82) is 0 Å². The maximum Gasteiger partial charge on any atom is 0.238 e. The highest BCUT2D eigenvalue weighted by Gasteiger charge is 2.10. The molecule has 0 aliphatic heterocycles. The molecular formula is C16H19N3O3S. The molecule has 0 fully saturated rings. The summed E-state index contributed by atoms with van der Waals surface area (Å²) in [4.78, 5) is 16.1. The highest BCUT2D eigenvalue weighted by Crippen LogP contribution is 2.12. The number of benzene rings is 1. The molecule has 0 saturated carbocycles. The molecule has 0 saturated heterocycles. The molecule has 0 spiro atoms. The topological polar surface area (TPSA) is 102 Å². The van der Waals surface area contributed by atoms with Gasteiger partial charge in [0.25, 0.3) is 0 Å². The third kappa shape index (κ3) is 5.15. The molecule has 0 aliphatic rings. The molecule has 7 heteroatoms. The van der Waals surface area contributed by atoms with Crippen molar-refractivity contribution in [2.24, 2.45) is 5.14 Å². The summed E-state index contributed by atoms with van der Waals surface area (Å²) in [5.74, 6) is -0.0723. The number of hydrogen-bond donors (Lipinski definition) is 2. The minimum absolute atomic E-state index is 0.0656. The second-order valence-corrected chi connectivity index (χ2v) is 6.83. The van der Waals surface area contributed by atoms with E-state index >= 15 is 0 Å². The van der Waals surface area contributed by atoms with Gasteiger partial charge in [0.05, 0.1) is 10.9 Å². The number of aromatic nitrogens is 1. The monoisotopic (exact) mass is 333 g/mol. The number of carbonyl (C=O) groups is 1. The fourth-order valence-electron chi connectivity index (χ4n) is 2.13. The van der Waals surface area contributed by atoms with Crippen LogP contribution in [0, 0.1) is 0 Å². The summed E-state index contributed by atoms with van der Waals surface area (Å²) in [6, 6.07) is 9.84. The van der Waals surface area contributed by atoms with Crippen LogP contribution >= 0.6 is 0 Å². The van der Waals surface area contributed by atoms with Crippen LogP contribution in [0.5, 0.6) is 0 Å². The molecule has 1 unspecified atom stereocenters. The van der Waals surface area contributed by atoms with Crippen molar-refractivity contribution in [2.45, 2.75) is 30.7 Å². The van der Waals surface area contributed by atoms with Gasteiger partial charge in [0, 0.05) is 18.8 Å². The average molecular weight is 333 g/mol. The fourth-order valence-corrected chi connectivity index (χ4v) is 2.65. The molecule has 23 heavy (non-hydrogen) atoms. The van der Waals surface area contributed by atoms with Gasteiger partial charge in [-0.15, -0.1) is 0 Å². The Bertz CT molecular complexity index is 759. The SMILES string of the molecule is CC(NC(=O)CCc1ccc(S(N)(=O)=O)cc1)c1cccnc1. The van der Waals surface area contributed by atoms with Gasteiger partial charge in [-0.2, -0.15) is 0 Å². The number of primary sulfonamides is 1. The minimum atomic E-state index is -3.68. The van der Waals surface area contributed by atoms with E-state index in [1.54, 1.807) is 24.5 Å². The van der Waals surface area contributed by atoms with E-state index in [1.807, 2.05) is 19.1 Å². The number of hydrogen-bond acceptors (Lipinski definition) is 4. The Morgan fingerprint density at radius 2 is 1.96 bits per heavy atom. The van der Waals surface area contributed by atoms with Crippen LogP contribution < -0.4 is 10.5 Å². The van der Waals surface area contributed by atoms with Crippen molar-refractivity contribution < 1.29 is 13.2 Å². The highest BCUT2D eigenvalue weighted by molar-refractivity contribution is 7.89. The van der Waals surface area contributed by atoms with E-state index in [4.69, 9.17) is 5.14 Å². The molecule has 122 valence electrons. The van der Waals surface area contributed by atoms with Crippen molar-refractivity contribution in [3.63, 3.8) is 0 Å². The lowest BCUT2D eigenvalue weighted by Gasteiger charge is -2.13. The van der Waals surface area contributed by atoms with E-state index in [0.717, 1.165) is 11.1 Å².